The van der Waals surface area contributed by atoms with Gasteiger partial charge in [0, 0.05) is 26.2 Å². The second kappa shape index (κ2) is 7.81. The molecule has 0 radical (unpaired) electrons. The Morgan fingerprint density at radius 1 is 1.38 bits per heavy atom. The molecule has 1 unspecified atom stereocenters. The fourth-order valence-electron chi connectivity index (χ4n) is 3.37. The van der Waals surface area contributed by atoms with Crippen LogP contribution < -0.4 is 5.32 Å². The van der Waals surface area contributed by atoms with E-state index in [1.165, 1.54) is 5.56 Å². The van der Waals surface area contributed by atoms with Crippen molar-refractivity contribution in [3.05, 3.63) is 46.7 Å². The monoisotopic (exact) mass is 330 g/mol. The van der Waals surface area contributed by atoms with E-state index in [1.807, 2.05) is 19.1 Å². The van der Waals surface area contributed by atoms with Crippen LogP contribution in [0.5, 0.6) is 0 Å². The number of carbonyl (C=O) groups excluding carboxylic acids is 1. The zero-order valence-corrected chi connectivity index (χ0v) is 14.3. The molecule has 0 bridgehead atoms. The quantitative estimate of drug-likeness (QED) is 0.866. The number of carbonyl (C=O) groups is 1. The third-order valence-electron chi connectivity index (χ3n) is 4.79. The minimum absolute atomic E-state index is 0.0291. The molecular formula is C19H26N2O3. The van der Waals surface area contributed by atoms with Crippen molar-refractivity contribution in [3.8, 4) is 0 Å². The van der Waals surface area contributed by atoms with Crippen LogP contribution in [0.4, 0.5) is 0 Å². The molecule has 2 aliphatic rings. The molecule has 1 aromatic rings. The Kier molecular flexibility index (Phi) is 5.53. The summed E-state index contributed by atoms with van der Waals surface area (Å²) in [4.78, 5) is 14.6. The molecule has 1 fully saturated rings. The number of nitrogens with zero attached hydrogens (tertiary/aromatic N) is 1. The Hall–Kier alpha value is -1.85. The van der Waals surface area contributed by atoms with Crippen molar-refractivity contribution in [1.82, 2.24) is 10.2 Å². The molecule has 1 saturated heterocycles. The van der Waals surface area contributed by atoms with E-state index in [0.29, 0.717) is 13.2 Å². The van der Waals surface area contributed by atoms with Crippen LogP contribution in [0.3, 0.4) is 0 Å². The van der Waals surface area contributed by atoms with Gasteiger partial charge in [0.05, 0.1) is 18.3 Å². The van der Waals surface area contributed by atoms with Crippen LogP contribution in [0.2, 0.25) is 0 Å². The van der Waals surface area contributed by atoms with Crippen molar-refractivity contribution in [2.75, 3.05) is 19.7 Å². The van der Waals surface area contributed by atoms with E-state index in [2.05, 4.69) is 22.3 Å². The number of likely N-dealkylation sites (tertiary alicyclic amines) is 1. The molecule has 0 spiro atoms. The molecule has 2 heterocycles. The van der Waals surface area contributed by atoms with E-state index < -0.39 is 0 Å². The minimum Gasteiger partial charge on any atom is -0.498 e. The standard InChI is InChI=1S/C19H26N2O3/c1-14-18(7-4-10-24-14)19(23)20-11-15-5-2-3-6-16(15)12-21-9-8-17(22)13-21/h2-3,5-6,17,22H,4,7-13H2,1H3,(H,20,23). The van der Waals surface area contributed by atoms with Gasteiger partial charge in [-0.2, -0.15) is 0 Å². The first kappa shape index (κ1) is 17.0. The highest BCUT2D eigenvalue weighted by atomic mass is 16.5. The van der Waals surface area contributed by atoms with Crippen LogP contribution in [0.1, 0.15) is 37.3 Å². The maximum Gasteiger partial charge on any atom is 0.250 e. The second-order valence-electron chi connectivity index (χ2n) is 6.62. The van der Waals surface area contributed by atoms with Gasteiger partial charge in [0.15, 0.2) is 0 Å². The average molecular weight is 330 g/mol. The van der Waals surface area contributed by atoms with E-state index in [9.17, 15) is 9.90 Å². The number of hydrogen-bond acceptors (Lipinski definition) is 4. The molecular weight excluding hydrogens is 304 g/mol. The van der Waals surface area contributed by atoms with Crippen LogP contribution in [-0.4, -0.2) is 41.7 Å². The smallest absolute Gasteiger partial charge is 0.250 e. The summed E-state index contributed by atoms with van der Waals surface area (Å²) >= 11 is 0. The summed E-state index contributed by atoms with van der Waals surface area (Å²) in [5.74, 6) is 0.719. The molecule has 5 nitrogen and oxygen atoms in total. The van der Waals surface area contributed by atoms with Crippen molar-refractivity contribution in [1.29, 1.82) is 0 Å². The average Bonchev–Trinajstić information content (AvgIpc) is 2.99. The Balaban J connectivity index is 1.62. The van der Waals surface area contributed by atoms with Gasteiger partial charge in [0.1, 0.15) is 5.76 Å². The number of amides is 1. The first-order valence-corrected chi connectivity index (χ1v) is 8.71. The molecule has 3 rings (SSSR count). The zero-order chi connectivity index (χ0) is 16.9. The van der Waals surface area contributed by atoms with Crippen molar-refractivity contribution >= 4 is 5.91 Å². The fraction of sp³-hybridized carbons (Fsp3) is 0.526. The number of rotatable bonds is 5. The molecule has 2 N–H and O–H groups in total. The second-order valence-corrected chi connectivity index (χ2v) is 6.62. The van der Waals surface area contributed by atoms with E-state index in [1.54, 1.807) is 0 Å². The third-order valence-corrected chi connectivity index (χ3v) is 4.79. The predicted molar refractivity (Wildman–Crippen MR) is 92.1 cm³/mol. The number of ether oxygens (including phenoxy) is 1. The summed E-state index contributed by atoms with van der Waals surface area (Å²) in [5, 5.41) is 12.7. The summed E-state index contributed by atoms with van der Waals surface area (Å²) < 4.78 is 5.47. The minimum atomic E-state index is -0.210. The number of aliphatic hydroxyl groups excluding tert-OH is 1. The summed E-state index contributed by atoms with van der Waals surface area (Å²) in [7, 11) is 0. The van der Waals surface area contributed by atoms with Gasteiger partial charge in [-0.25, -0.2) is 0 Å². The predicted octanol–water partition coefficient (Wildman–Crippen LogP) is 1.95. The fourth-order valence-corrected chi connectivity index (χ4v) is 3.37. The van der Waals surface area contributed by atoms with Crippen molar-refractivity contribution in [2.24, 2.45) is 0 Å². The van der Waals surface area contributed by atoms with E-state index in [4.69, 9.17) is 4.74 Å². The van der Waals surface area contributed by atoms with Crippen LogP contribution >= 0.6 is 0 Å². The maximum atomic E-state index is 12.4. The Morgan fingerprint density at radius 3 is 2.88 bits per heavy atom. The van der Waals surface area contributed by atoms with E-state index in [-0.39, 0.29) is 12.0 Å². The molecule has 2 aliphatic heterocycles. The van der Waals surface area contributed by atoms with Gasteiger partial charge in [-0.3, -0.25) is 9.69 Å². The molecule has 130 valence electrons. The molecule has 1 atom stereocenters. The lowest BCUT2D eigenvalue weighted by Crippen LogP contribution is -2.28. The molecule has 0 aromatic heterocycles. The lowest BCUT2D eigenvalue weighted by molar-refractivity contribution is -0.118. The summed E-state index contributed by atoms with van der Waals surface area (Å²) in [5.41, 5.74) is 3.10. The zero-order valence-electron chi connectivity index (χ0n) is 14.3. The van der Waals surface area contributed by atoms with Crippen LogP contribution in [-0.2, 0) is 22.6 Å². The molecule has 1 amide bonds. The van der Waals surface area contributed by atoms with Gasteiger partial charge < -0.3 is 15.2 Å². The summed E-state index contributed by atoms with van der Waals surface area (Å²) in [6.45, 7) is 5.54. The lowest BCUT2D eigenvalue weighted by atomic mass is 10.0. The van der Waals surface area contributed by atoms with Crippen LogP contribution in [0.15, 0.2) is 35.6 Å². The number of allylic oxidation sites excluding steroid dienone is 1. The first-order valence-electron chi connectivity index (χ1n) is 8.71. The van der Waals surface area contributed by atoms with Crippen molar-refractivity contribution < 1.29 is 14.6 Å². The molecule has 24 heavy (non-hydrogen) atoms. The Morgan fingerprint density at radius 2 is 2.17 bits per heavy atom. The summed E-state index contributed by atoms with van der Waals surface area (Å²) in [6, 6.07) is 8.17. The number of aliphatic hydroxyl groups is 1. The highest BCUT2D eigenvalue weighted by molar-refractivity contribution is 5.93. The number of benzene rings is 1. The van der Waals surface area contributed by atoms with Gasteiger partial charge in [-0.15, -0.1) is 0 Å². The highest BCUT2D eigenvalue weighted by Crippen LogP contribution is 2.20. The third kappa shape index (κ3) is 4.16. The molecule has 1 aromatic carbocycles. The van der Waals surface area contributed by atoms with Crippen molar-refractivity contribution in [2.45, 2.75) is 45.4 Å². The van der Waals surface area contributed by atoms with E-state index in [0.717, 1.165) is 55.8 Å². The van der Waals surface area contributed by atoms with Crippen LogP contribution in [0, 0.1) is 0 Å². The Bertz CT molecular complexity index is 627. The molecule has 0 aliphatic carbocycles. The topological polar surface area (TPSA) is 61.8 Å². The van der Waals surface area contributed by atoms with Gasteiger partial charge in [0.25, 0.3) is 5.91 Å². The molecule has 5 heteroatoms. The van der Waals surface area contributed by atoms with Gasteiger partial charge in [-0.1, -0.05) is 24.3 Å². The van der Waals surface area contributed by atoms with Crippen LogP contribution in [0.25, 0.3) is 0 Å². The van der Waals surface area contributed by atoms with E-state index >= 15 is 0 Å². The summed E-state index contributed by atoms with van der Waals surface area (Å²) in [6.07, 6.45) is 2.31. The first-order chi connectivity index (χ1) is 11.6. The number of β-amino-alcohol motifs (C(OH)–C–C–N with tert-alkyl or cyclic N) is 1. The largest absolute Gasteiger partial charge is 0.498 e. The van der Waals surface area contributed by atoms with Crippen molar-refractivity contribution in [3.63, 3.8) is 0 Å². The SMILES string of the molecule is CC1=C(C(=O)NCc2ccccc2CN2CCC(O)C2)CCCO1. The van der Waals surface area contributed by atoms with Gasteiger partial charge in [0.2, 0.25) is 0 Å². The van der Waals surface area contributed by atoms with Gasteiger partial charge >= 0.3 is 0 Å². The Labute approximate surface area is 143 Å². The number of hydrogen-bond donors (Lipinski definition) is 2. The molecule has 0 saturated carbocycles. The lowest BCUT2D eigenvalue weighted by Gasteiger charge is -2.20. The highest BCUT2D eigenvalue weighted by Gasteiger charge is 2.21. The maximum absolute atomic E-state index is 12.4. The number of nitrogens with one attached hydrogen (secondary N) is 1. The van der Waals surface area contributed by atoms with Gasteiger partial charge in [-0.05, 0) is 37.3 Å². The normalized spacial score (nSPS) is 21.7.